The summed E-state index contributed by atoms with van der Waals surface area (Å²) in [5, 5.41) is 3.86. The van der Waals surface area contributed by atoms with Gasteiger partial charge >= 0.3 is 0 Å². The van der Waals surface area contributed by atoms with Gasteiger partial charge in [0.05, 0.1) is 18.1 Å². The van der Waals surface area contributed by atoms with Gasteiger partial charge in [0.2, 0.25) is 5.91 Å². The molecule has 0 bridgehead atoms. The van der Waals surface area contributed by atoms with Crippen LogP contribution >= 0.6 is 11.6 Å². The van der Waals surface area contributed by atoms with Crippen molar-refractivity contribution < 1.29 is 14.3 Å². The van der Waals surface area contributed by atoms with Crippen LogP contribution in [-0.2, 0) is 16.0 Å². The first-order chi connectivity index (χ1) is 15.1. The summed E-state index contributed by atoms with van der Waals surface area (Å²) in [4.78, 5) is 28.9. The van der Waals surface area contributed by atoms with Gasteiger partial charge in [-0.3, -0.25) is 9.59 Å². The Bertz CT molecular complexity index is 938. The van der Waals surface area contributed by atoms with Gasteiger partial charge in [-0.25, -0.2) is 0 Å². The highest BCUT2D eigenvalue weighted by molar-refractivity contribution is 6.30. The Kier molecular flexibility index (Phi) is 6.63. The molecule has 1 N–H and O–H groups in total. The second kappa shape index (κ2) is 9.41. The van der Waals surface area contributed by atoms with Crippen molar-refractivity contribution in [3.63, 3.8) is 0 Å². The van der Waals surface area contributed by atoms with Crippen molar-refractivity contribution in [2.75, 3.05) is 26.8 Å². The molecule has 5 nitrogen and oxygen atoms in total. The zero-order valence-corrected chi connectivity index (χ0v) is 18.7. The molecular weight excluding hydrogens is 412 g/mol. The quantitative estimate of drug-likeness (QED) is 0.702. The van der Waals surface area contributed by atoms with Crippen molar-refractivity contribution in [3.05, 3.63) is 70.2 Å². The zero-order chi connectivity index (χ0) is 21.8. The highest BCUT2D eigenvalue weighted by Crippen LogP contribution is 2.50. The average Bonchev–Trinajstić information content (AvgIpc) is 3.25. The molecule has 6 heteroatoms. The van der Waals surface area contributed by atoms with Crippen LogP contribution in [0.5, 0.6) is 0 Å². The first kappa shape index (κ1) is 21.8. The zero-order valence-electron chi connectivity index (χ0n) is 17.9. The molecule has 1 fully saturated rings. The molecule has 1 saturated carbocycles. The van der Waals surface area contributed by atoms with E-state index in [0.29, 0.717) is 30.3 Å². The first-order valence-corrected chi connectivity index (χ1v) is 11.4. The van der Waals surface area contributed by atoms with Crippen LogP contribution < -0.4 is 5.32 Å². The molecule has 31 heavy (non-hydrogen) atoms. The van der Waals surface area contributed by atoms with Crippen LogP contribution in [0.3, 0.4) is 0 Å². The second-order valence-corrected chi connectivity index (χ2v) is 8.88. The lowest BCUT2D eigenvalue weighted by Crippen LogP contribution is -2.61. The van der Waals surface area contributed by atoms with Gasteiger partial charge in [-0.15, -0.1) is 0 Å². The number of methoxy groups -OCH3 is 1. The summed E-state index contributed by atoms with van der Waals surface area (Å²) in [6, 6.07) is 15.3. The van der Waals surface area contributed by atoms with E-state index in [4.69, 9.17) is 16.3 Å². The predicted molar refractivity (Wildman–Crippen MR) is 121 cm³/mol. The van der Waals surface area contributed by atoms with Gasteiger partial charge in [-0.1, -0.05) is 54.8 Å². The summed E-state index contributed by atoms with van der Waals surface area (Å²) in [6.45, 7) is 1.50. The van der Waals surface area contributed by atoms with Crippen LogP contribution in [0, 0.1) is 0 Å². The molecule has 2 aromatic rings. The Morgan fingerprint density at radius 2 is 1.87 bits per heavy atom. The molecule has 1 spiro atoms. The van der Waals surface area contributed by atoms with Crippen molar-refractivity contribution >= 4 is 23.4 Å². The fourth-order valence-corrected chi connectivity index (χ4v) is 5.38. The molecule has 0 unspecified atom stereocenters. The average molecular weight is 441 g/mol. The fourth-order valence-electron chi connectivity index (χ4n) is 5.26. The van der Waals surface area contributed by atoms with E-state index in [1.165, 1.54) is 0 Å². The number of nitrogens with zero attached hydrogens (tertiary/aromatic N) is 1. The SMILES string of the molecule is COCCN1C(=O)c2ccccc2[C@H](C(=O)NCCc2ccc(Cl)cc2)C12CCCC2. The van der Waals surface area contributed by atoms with E-state index >= 15 is 0 Å². The number of fused-ring (bicyclic) bond motifs is 1. The number of carbonyl (C=O) groups is 2. The highest BCUT2D eigenvalue weighted by atomic mass is 35.5. The van der Waals surface area contributed by atoms with E-state index < -0.39 is 5.54 Å². The monoisotopic (exact) mass is 440 g/mol. The maximum atomic E-state index is 13.6. The number of amides is 2. The third kappa shape index (κ3) is 4.21. The minimum absolute atomic E-state index is 0.00164. The number of hydrogen-bond acceptors (Lipinski definition) is 3. The maximum Gasteiger partial charge on any atom is 0.254 e. The molecule has 1 aliphatic carbocycles. The van der Waals surface area contributed by atoms with E-state index in [-0.39, 0.29) is 17.7 Å². The minimum atomic E-state index is -0.478. The summed E-state index contributed by atoms with van der Waals surface area (Å²) in [6.07, 6.45) is 4.45. The van der Waals surface area contributed by atoms with E-state index in [1.807, 2.05) is 53.4 Å². The number of halogens is 1. The number of benzene rings is 2. The minimum Gasteiger partial charge on any atom is -0.383 e. The van der Waals surface area contributed by atoms with Gasteiger partial charge in [-0.05, 0) is 48.6 Å². The van der Waals surface area contributed by atoms with Crippen molar-refractivity contribution in [3.8, 4) is 0 Å². The summed E-state index contributed by atoms with van der Waals surface area (Å²) in [5.74, 6) is -0.357. The normalized spacial score (nSPS) is 19.5. The maximum absolute atomic E-state index is 13.6. The molecule has 2 amide bonds. The van der Waals surface area contributed by atoms with Crippen molar-refractivity contribution in [1.29, 1.82) is 0 Å². The Balaban J connectivity index is 1.61. The van der Waals surface area contributed by atoms with Gasteiger partial charge in [-0.2, -0.15) is 0 Å². The Morgan fingerprint density at radius 3 is 2.58 bits per heavy atom. The number of carbonyl (C=O) groups excluding carboxylic acids is 2. The Hall–Kier alpha value is -2.37. The lowest BCUT2D eigenvalue weighted by Gasteiger charge is -2.50. The molecule has 4 rings (SSSR count). The Morgan fingerprint density at radius 1 is 1.16 bits per heavy atom. The second-order valence-electron chi connectivity index (χ2n) is 8.45. The van der Waals surface area contributed by atoms with E-state index in [1.54, 1.807) is 7.11 Å². The van der Waals surface area contributed by atoms with Crippen LogP contribution in [-0.4, -0.2) is 49.1 Å². The summed E-state index contributed by atoms with van der Waals surface area (Å²) in [7, 11) is 1.64. The fraction of sp³-hybridized carbons (Fsp3) is 0.440. The van der Waals surface area contributed by atoms with Crippen LogP contribution in [0.4, 0.5) is 0 Å². The lowest BCUT2D eigenvalue weighted by molar-refractivity contribution is -0.126. The number of rotatable bonds is 7. The van der Waals surface area contributed by atoms with Gasteiger partial charge in [0, 0.05) is 30.8 Å². The summed E-state index contributed by atoms with van der Waals surface area (Å²) >= 11 is 5.97. The number of ether oxygens (including phenoxy) is 1. The van der Waals surface area contributed by atoms with Gasteiger partial charge in [0.15, 0.2) is 0 Å². The van der Waals surface area contributed by atoms with E-state index in [0.717, 1.165) is 43.2 Å². The highest BCUT2D eigenvalue weighted by Gasteiger charge is 2.55. The molecule has 1 aliphatic heterocycles. The third-order valence-corrected chi connectivity index (χ3v) is 6.95. The molecule has 0 aromatic heterocycles. The summed E-state index contributed by atoms with van der Waals surface area (Å²) < 4.78 is 5.30. The first-order valence-electron chi connectivity index (χ1n) is 11.0. The smallest absolute Gasteiger partial charge is 0.254 e. The number of nitrogens with one attached hydrogen (secondary N) is 1. The molecule has 1 atom stereocenters. The molecule has 2 aliphatic rings. The topological polar surface area (TPSA) is 58.6 Å². The summed E-state index contributed by atoms with van der Waals surface area (Å²) in [5.41, 5.74) is 2.14. The molecule has 0 radical (unpaired) electrons. The van der Waals surface area contributed by atoms with Gasteiger partial charge < -0.3 is 15.0 Å². The largest absolute Gasteiger partial charge is 0.383 e. The van der Waals surface area contributed by atoms with Crippen LogP contribution in [0.25, 0.3) is 0 Å². The number of hydrogen-bond donors (Lipinski definition) is 1. The molecule has 0 saturated heterocycles. The predicted octanol–water partition coefficient (Wildman–Crippen LogP) is 4.20. The molecule has 1 heterocycles. The van der Waals surface area contributed by atoms with Crippen molar-refractivity contribution in [2.45, 2.75) is 43.6 Å². The van der Waals surface area contributed by atoms with Crippen LogP contribution in [0.2, 0.25) is 5.02 Å². The molecular formula is C25H29ClN2O3. The third-order valence-electron chi connectivity index (χ3n) is 6.70. The lowest BCUT2D eigenvalue weighted by atomic mass is 9.71. The van der Waals surface area contributed by atoms with Crippen LogP contribution in [0.15, 0.2) is 48.5 Å². The van der Waals surface area contributed by atoms with E-state index in [9.17, 15) is 9.59 Å². The van der Waals surface area contributed by atoms with Crippen LogP contribution in [0.1, 0.15) is 53.1 Å². The van der Waals surface area contributed by atoms with Gasteiger partial charge in [0.25, 0.3) is 5.91 Å². The van der Waals surface area contributed by atoms with E-state index in [2.05, 4.69) is 5.32 Å². The Labute approximate surface area is 188 Å². The molecule has 164 valence electrons. The molecule has 2 aromatic carbocycles. The standard InChI is InChI=1S/C25H29ClN2O3/c1-31-17-16-28-24(30)21-7-3-2-6-20(21)22(25(28)13-4-5-14-25)23(29)27-15-12-18-8-10-19(26)11-9-18/h2-3,6-11,22H,4-5,12-17H2,1H3,(H,27,29)/t22-/m1/s1. The van der Waals surface area contributed by atoms with Crippen molar-refractivity contribution in [2.24, 2.45) is 0 Å². The van der Waals surface area contributed by atoms with Crippen molar-refractivity contribution in [1.82, 2.24) is 10.2 Å². The van der Waals surface area contributed by atoms with Gasteiger partial charge in [0.1, 0.15) is 0 Å².